The molecular formula is C11H14ClF3N2O2. The van der Waals surface area contributed by atoms with Crippen LogP contribution in [0, 0.1) is 0 Å². The third-order valence-electron chi connectivity index (χ3n) is 2.01. The van der Waals surface area contributed by atoms with Crippen molar-refractivity contribution < 1.29 is 22.7 Å². The number of amides is 1. The van der Waals surface area contributed by atoms with Crippen LogP contribution in [0.4, 0.5) is 13.2 Å². The summed E-state index contributed by atoms with van der Waals surface area (Å²) in [4.78, 5) is 11.5. The van der Waals surface area contributed by atoms with E-state index in [1.54, 1.807) is 7.05 Å². The van der Waals surface area contributed by atoms with E-state index in [0.29, 0.717) is 13.1 Å². The Morgan fingerprint density at radius 3 is 2.26 bits per heavy atom. The molecule has 0 radical (unpaired) electrons. The van der Waals surface area contributed by atoms with Crippen molar-refractivity contribution in [2.45, 2.75) is 6.36 Å². The fourth-order valence-corrected chi connectivity index (χ4v) is 1.21. The van der Waals surface area contributed by atoms with Crippen LogP contribution in [-0.4, -0.2) is 32.4 Å². The normalized spacial score (nSPS) is 10.5. The number of halogens is 4. The Hall–Kier alpha value is -1.47. The first-order chi connectivity index (χ1) is 8.42. The second-order valence-corrected chi connectivity index (χ2v) is 3.43. The zero-order valence-electron chi connectivity index (χ0n) is 10.1. The Morgan fingerprint density at radius 2 is 1.79 bits per heavy atom. The van der Waals surface area contributed by atoms with E-state index >= 15 is 0 Å². The minimum Gasteiger partial charge on any atom is -0.406 e. The maximum absolute atomic E-state index is 11.9. The van der Waals surface area contributed by atoms with Crippen molar-refractivity contribution in [1.82, 2.24) is 10.6 Å². The van der Waals surface area contributed by atoms with Crippen molar-refractivity contribution in [3.05, 3.63) is 29.8 Å². The molecule has 0 bridgehead atoms. The van der Waals surface area contributed by atoms with Gasteiger partial charge in [-0.05, 0) is 31.3 Å². The lowest BCUT2D eigenvalue weighted by Crippen LogP contribution is -2.30. The summed E-state index contributed by atoms with van der Waals surface area (Å²) in [5, 5.41) is 5.45. The predicted octanol–water partition coefficient (Wildman–Crippen LogP) is 1.96. The van der Waals surface area contributed by atoms with E-state index in [1.807, 2.05) is 0 Å². The molecule has 0 aliphatic carbocycles. The molecule has 0 saturated carbocycles. The summed E-state index contributed by atoms with van der Waals surface area (Å²) in [5.41, 5.74) is 0.278. The Kier molecular flexibility index (Phi) is 7.25. The summed E-state index contributed by atoms with van der Waals surface area (Å²) in [5.74, 6) is -0.696. The van der Waals surface area contributed by atoms with E-state index in [2.05, 4.69) is 15.4 Å². The molecule has 8 heteroatoms. The lowest BCUT2D eigenvalue weighted by Gasteiger charge is -2.09. The number of rotatable bonds is 5. The Balaban J connectivity index is 0.00000324. The van der Waals surface area contributed by atoms with Crippen LogP contribution in [-0.2, 0) is 0 Å². The van der Waals surface area contributed by atoms with Crippen LogP contribution in [0.1, 0.15) is 10.4 Å². The van der Waals surface area contributed by atoms with Crippen LogP contribution in [0.5, 0.6) is 5.75 Å². The van der Waals surface area contributed by atoms with Crippen LogP contribution in [0.15, 0.2) is 24.3 Å². The van der Waals surface area contributed by atoms with Gasteiger partial charge in [0, 0.05) is 18.7 Å². The molecular weight excluding hydrogens is 285 g/mol. The fraction of sp³-hybridized carbons (Fsp3) is 0.364. The number of hydrogen-bond acceptors (Lipinski definition) is 3. The van der Waals surface area contributed by atoms with Gasteiger partial charge in [0.15, 0.2) is 0 Å². The summed E-state index contributed by atoms with van der Waals surface area (Å²) in [6, 6.07) is 4.74. The van der Waals surface area contributed by atoms with E-state index < -0.39 is 6.36 Å². The maximum atomic E-state index is 11.9. The van der Waals surface area contributed by atoms with Gasteiger partial charge < -0.3 is 15.4 Å². The van der Waals surface area contributed by atoms with Gasteiger partial charge in [0.2, 0.25) is 0 Å². The number of ether oxygens (including phenoxy) is 1. The molecule has 2 N–H and O–H groups in total. The molecule has 0 spiro atoms. The van der Waals surface area contributed by atoms with Crippen LogP contribution in [0.2, 0.25) is 0 Å². The Labute approximate surface area is 114 Å². The zero-order valence-corrected chi connectivity index (χ0v) is 10.9. The van der Waals surface area contributed by atoms with Crippen molar-refractivity contribution >= 4 is 18.3 Å². The average Bonchev–Trinajstić information content (AvgIpc) is 2.28. The van der Waals surface area contributed by atoms with Crippen LogP contribution in [0.3, 0.4) is 0 Å². The maximum Gasteiger partial charge on any atom is 0.573 e. The highest BCUT2D eigenvalue weighted by molar-refractivity contribution is 5.94. The first-order valence-electron chi connectivity index (χ1n) is 5.21. The summed E-state index contributed by atoms with van der Waals surface area (Å²) >= 11 is 0. The average molecular weight is 299 g/mol. The smallest absolute Gasteiger partial charge is 0.406 e. The monoisotopic (exact) mass is 298 g/mol. The number of nitrogens with one attached hydrogen (secondary N) is 2. The highest BCUT2D eigenvalue weighted by Gasteiger charge is 2.31. The number of carbonyl (C=O) groups is 1. The quantitative estimate of drug-likeness (QED) is 0.817. The van der Waals surface area contributed by atoms with E-state index in [1.165, 1.54) is 12.1 Å². The van der Waals surface area contributed by atoms with Gasteiger partial charge in [0.1, 0.15) is 5.75 Å². The SMILES string of the molecule is CNCCNC(=O)c1ccc(OC(F)(F)F)cc1.Cl. The highest BCUT2D eigenvalue weighted by atomic mass is 35.5. The summed E-state index contributed by atoms with van der Waals surface area (Å²) in [6.45, 7) is 1.05. The second kappa shape index (κ2) is 7.85. The van der Waals surface area contributed by atoms with Gasteiger partial charge in [-0.2, -0.15) is 0 Å². The fourth-order valence-electron chi connectivity index (χ4n) is 1.21. The van der Waals surface area contributed by atoms with Crippen molar-refractivity contribution in [2.24, 2.45) is 0 Å². The van der Waals surface area contributed by atoms with Crippen molar-refractivity contribution in [3.8, 4) is 5.75 Å². The van der Waals surface area contributed by atoms with Gasteiger partial charge in [-0.1, -0.05) is 0 Å². The van der Waals surface area contributed by atoms with Gasteiger partial charge in [-0.25, -0.2) is 0 Å². The van der Waals surface area contributed by atoms with Crippen LogP contribution >= 0.6 is 12.4 Å². The minimum absolute atomic E-state index is 0. The zero-order chi connectivity index (χ0) is 13.6. The number of hydrogen-bond donors (Lipinski definition) is 2. The third-order valence-corrected chi connectivity index (χ3v) is 2.01. The lowest BCUT2D eigenvalue weighted by atomic mass is 10.2. The first-order valence-corrected chi connectivity index (χ1v) is 5.21. The Bertz CT molecular complexity index is 396. The molecule has 1 aromatic carbocycles. The first kappa shape index (κ1) is 17.5. The molecule has 0 aliphatic rings. The van der Waals surface area contributed by atoms with Gasteiger partial charge in [-0.15, -0.1) is 25.6 Å². The lowest BCUT2D eigenvalue weighted by molar-refractivity contribution is -0.274. The van der Waals surface area contributed by atoms with Crippen molar-refractivity contribution in [2.75, 3.05) is 20.1 Å². The van der Waals surface area contributed by atoms with Gasteiger partial charge >= 0.3 is 6.36 Å². The molecule has 19 heavy (non-hydrogen) atoms. The number of likely N-dealkylation sites (N-methyl/N-ethyl adjacent to an activating group) is 1. The van der Waals surface area contributed by atoms with E-state index in [-0.39, 0.29) is 29.6 Å². The van der Waals surface area contributed by atoms with Gasteiger partial charge in [-0.3, -0.25) is 4.79 Å². The topological polar surface area (TPSA) is 50.4 Å². The minimum atomic E-state index is -4.73. The predicted molar refractivity (Wildman–Crippen MR) is 66.6 cm³/mol. The largest absolute Gasteiger partial charge is 0.573 e. The van der Waals surface area contributed by atoms with E-state index in [4.69, 9.17) is 0 Å². The molecule has 0 unspecified atom stereocenters. The summed E-state index contributed by atoms with van der Waals surface area (Å²) in [6.07, 6.45) is -4.73. The van der Waals surface area contributed by atoms with Crippen molar-refractivity contribution in [1.29, 1.82) is 0 Å². The molecule has 1 aromatic rings. The van der Waals surface area contributed by atoms with Gasteiger partial charge in [0.25, 0.3) is 5.91 Å². The van der Waals surface area contributed by atoms with E-state index in [0.717, 1.165) is 12.1 Å². The summed E-state index contributed by atoms with van der Waals surface area (Å²) in [7, 11) is 1.75. The third kappa shape index (κ3) is 6.88. The molecule has 0 saturated heterocycles. The van der Waals surface area contributed by atoms with E-state index in [9.17, 15) is 18.0 Å². The highest BCUT2D eigenvalue weighted by Crippen LogP contribution is 2.22. The molecule has 0 fully saturated rings. The molecule has 1 rings (SSSR count). The molecule has 0 aromatic heterocycles. The van der Waals surface area contributed by atoms with Crippen LogP contribution < -0.4 is 15.4 Å². The molecule has 0 aliphatic heterocycles. The number of carbonyl (C=O) groups excluding carboxylic acids is 1. The molecule has 4 nitrogen and oxygen atoms in total. The molecule has 0 atom stereocenters. The molecule has 1 amide bonds. The molecule has 108 valence electrons. The van der Waals surface area contributed by atoms with Gasteiger partial charge in [0.05, 0.1) is 0 Å². The van der Waals surface area contributed by atoms with Crippen molar-refractivity contribution in [3.63, 3.8) is 0 Å². The second-order valence-electron chi connectivity index (χ2n) is 3.43. The van der Waals surface area contributed by atoms with Crippen LogP contribution in [0.25, 0.3) is 0 Å². The Morgan fingerprint density at radius 1 is 1.21 bits per heavy atom. The number of benzene rings is 1. The molecule has 0 heterocycles. The standard InChI is InChI=1S/C11H13F3N2O2.ClH/c1-15-6-7-16-10(17)8-2-4-9(5-3-8)18-11(12,13)14;/h2-5,15H,6-7H2,1H3,(H,16,17);1H. The number of alkyl halides is 3. The summed E-state index contributed by atoms with van der Waals surface area (Å²) < 4.78 is 39.4.